The van der Waals surface area contributed by atoms with E-state index in [2.05, 4.69) is 4.98 Å². The monoisotopic (exact) mass is 309 g/mol. The second-order valence-corrected chi connectivity index (χ2v) is 5.55. The predicted octanol–water partition coefficient (Wildman–Crippen LogP) is 3.27. The number of carbonyl (C=O) groups is 2. The second-order valence-electron chi connectivity index (χ2n) is 5.12. The van der Waals surface area contributed by atoms with Crippen molar-refractivity contribution in [3.8, 4) is 0 Å². The minimum Gasteiger partial charge on any atom is -0.321 e. The van der Waals surface area contributed by atoms with Crippen molar-refractivity contribution in [3.05, 3.63) is 69.0 Å². The number of nitrogens with one attached hydrogen (secondary N) is 1. The van der Waals surface area contributed by atoms with Crippen LogP contribution < -0.4 is 5.56 Å². The highest BCUT2D eigenvalue weighted by molar-refractivity contribution is 6.32. The van der Waals surface area contributed by atoms with Crippen molar-refractivity contribution in [2.75, 3.05) is 0 Å². The third kappa shape index (κ3) is 1.68. The van der Waals surface area contributed by atoms with Crippen LogP contribution in [0.3, 0.4) is 0 Å². The molecule has 0 bridgehead atoms. The van der Waals surface area contributed by atoms with E-state index in [-0.39, 0.29) is 28.1 Å². The van der Waals surface area contributed by atoms with Gasteiger partial charge in [-0.25, -0.2) is 0 Å². The first-order valence-electron chi connectivity index (χ1n) is 6.61. The van der Waals surface area contributed by atoms with E-state index in [4.69, 9.17) is 11.6 Å². The van der Waals surface area contributed by atoms with E-state index in [0.29, 0.717) is 15.9 Å². The number of hydrogen-bond acceptors (Lipinski definition) is 3. The Kier molecular flexibility index (Phi) is 2.59. The summed E-state index contributed by atoms with van der Waals surface area (Å²) in [6, 6.07) is 8.45. The van der Waals surface area contributed by atoms with E-state index < -0.39 is 5.56 Å². The molecular weight excluding hydrogens is 302 g/mol. The summed E-state index contributed by atoms with van der Waals surface area (Å²) in [4.78, 5) is 39.3. The van der Waals surface area contributed by atoms with E-state index >= 15 is 0 Å². The average molecular weight is 310 g/mol. The molecule has 0 saturated heterocycles. The van der Waals surface area contributed by atoms with Gasteiger partial charge in [0, 0.05) is 21.5 Å². The van der Waals surface area contributed by atoms with Crippen molar-refractivity contribution in [2.45, 2.75) is 0 Å². The number of hydrogen-bond donors (Lipinski definition) is 1. The Bertz CT molecular complexity index is 1090. The summed E-state index contributed by atoms with van der Waals surface area (Å²) in [7, 11) is 0. The van der Waals surface area contributed by atoms with Crippen molar-refractivity contribution in [3.63, 3.8) is 0 Å². The summed E-state index contributed by atoms with van der Waals surface area (Å²) in [5.74, 6) is -0.605. The van der Waals surface area contributed by atoms with E-state index in [1.54, 1.807) is 30.3 Å². The van der Waals surface area contributed by atoms with Gasteiger partial charge in [-0.3, -0.25) is 14.4 Å². The quantitative estimate of drug-likeness (QED) is 0.648. The molecule has 4 rings (SSSR count). The number of halogens is 1. The van der Waals surface area contributed by atoms with Gasteiger partial charge in [0.05, 0.1) is 10.9 Å². The van der Waals surface area contributed by atoms with Gasteiger partial charge in [0.15, 0.2) is 11.6 Å². The van der Waals surface area contributed by atoms with Gasteiger partial charge in [0.25, 0.3) is 5.56 Å². The van der Waals surface area contributed by atoms with Crippen LogP contribution in [0, 0.1) is 0 Å². The van der Waals surface area contributed by atoms with Gasteiger partial charge < -0.3 is 4.98 Å². The van der Waals surface area contributed by atoms with Crippen LogP contribution in [0.4, 0.5) is 0 Å². The van der Waals surface area contributed by atoms with Crippen molar-refractivity contribution in [1.29, 1.82) is 0 Å². The van der Waals surface area contributed by atoms with Gasteiger partial charge in [-0.2, -0.15) is 0 Å². The molecule has 2 aromatic carbocycles. The molecule has 1 heterocycles. The summed E-state index contributed by atoms with van der Waals surface area (Å²) in [5, 5.41) is 2.16. The van der Waals surface area contributed by atoms with E-state index in [9.17, 15) is 14.4 Å². The number of pyridine rings is 1. The topological polar surface area (TPSA) is 67.0 Å². The molecule has 22 heavy (non-hydrogen) atoms. The molecule has 0 unspecified atom stereocenters. The summed E-state index contributed by atoms with van der Waals surface area (Å²) >= 11 is 5.95. The molecule has 106 valence electrons. The first-order chi connectivity index (χ1) is 10.6. The Morgan fingerprint density at radius 3 is 2.41 bits per heavy atom. The number of ketones is 2. The molecule has 3 aromatic rings. The lowest BCUT2D eigenvalue weighted by Crippen LogP contribution is -2.17. The van der Waals surface area contributed by atoms with Crippen LogP contribution in [0.15, 0.2) is 47.3 Å². The number of fused-ring (bicyclic) bond motifs is 5. The molecule has 1 aliphatic carbocycles. The largest absolute Gasteiger partial charge is 0.321 e. The van der Waals surface area contributed by atoms with E-state index in [0.717, 1.165) is 5.39 Å². The van der Waals surface area contributed by atoms with Crippen LogP contribution in [0.2, 0.25) is 5.02 Å². The fourth-order valence-corrected chi connectivity index (χ4v) is 3.06. The molecule has 0 spiro atoms. The molecule has 1 N–H and O–H groups in total. The summed E-state index contributed by atoms with van der Waals surface area (Å²) in [5.41, 5.74) is 0.620. The van der Waals surface area contributed by atoms with Crippen molar-refractivity contribution >= 4 is 44.8 Å². The highest BCUT2D eigenvalue weighted by Gasteiger charge is 2.23. The molecule has 0 amide bonds. The Labute approximate surface area is 129 Å². The Morgan fingerprint density at radius 2 is 1.59 bits per heavy atom. The van der Waals surface area contributed by atoms with Crippen LogP contribution in [0.25, 0.3) is 21.7 Å². The summed E-state index contributed by atoms with van der Waals surface area (Å²) in [6.45, 7) is 0. The Hall–Kier alpha value is -2.72. The Balaban J connectivity index is 2.27. The first-order valence-corrected chi connectivity index (χ1v) is 6.99. The fraction of sp³-hybridized carbons (Fsp3) is 0. The van der Waals surface area contributed by atoms with Gasteiger partial charge >= 0.3 is 0 Å². The summed E-state index contributed by atoms with van der Waals surface area (Å²) in [6.07, 6.45) is 2.43. The van der Waals surface area contributed by atoms with Crippen LogP contribution in [0.1, 0.15) is 20.7 Å². The molecule has 1 aromatic heterocycles. The first kappa shape index (κ1) is 13.0. The number of carbonyl (C=O) groups excluding carboxylic acids is 2. The van der Waals surface area contributed by atoms with Gasteiger partial charge in [0.1, 0.15) is 0 Å². The molecule has 0 aliphatic heterocycles. The minimum absolute atomic E-state index is 0.170. The third-order valence-corrected chi connectivity index (χ3v) is 4.09. The van der Waals surface area contributed by atoms with E-state index in [1.807, 2.05) is 0 Å². The van der Waals surface area contributed by atoms with Crippen molar-refractivity contribution in [2.24, 2.45) is 0 Å². The highest BCUT2D eigenvalue weighted by Crippen LogP contribution is 2.29. The lowest BCUT2D eigenvalue weighted by molar-refractivity contribution is 0.0995. The maximum absolute atomic E-state index is 12.4. The molecule has 0 atom stereocenters. The zero-order valence-corrected chi connectivity index (χ0v) is 11.9. The van der Waals surface area contributed by atoms with E-state index in [1.165, 1.54) is 12.2 Å². The molecule has 0 fully saturated rings. The van der Waals surface area contributed by atoms with Gasteiger partial charge in [-0.1, -0.05) is 23.7 Å². The SMILES string of the molecule is O=C1C=CC(=O)c2c1ccc1c2c(=O)[nH]c2cc(Cl)ccc21. The van der Waals surface area contributed by atoms with Crippen molar-refractivity contribution in [1.82, 2.24) is 4.98 Å². The number of allylic oxidation sites excluding steroid dienone is 2. The molecule has 0 saturated carbocycles. The highest BCUT2D eigenvalue weighted by atomic mass is 35.5. The molecule has 5 heteroatoms. The number of benzene rings is 2. The fourth-order valence-electron chi connectivity index (χ4n) is 2.89. The Morgan fingerprint density at radius 1 is 0.864 bits per heavy atom. The maximum atomic E-state index is 12.4. The predicted molar refractivity (Wildman–Crippen MR) is 84.9 cm³/mol. The maximum Gasteiger partial charge on any atom is 0.257 e. The molecular formula is C17H8ClNO3. The lowest BCUT2D eigenvalue weighted by atomic mass is 9.89. The van der Waals surface area contributed by atoms with Gasteiger partial charge in [0.2, 0.25) is 0 Å². The number of aromatic nitrogens is 1. The number of aromatic amines is 1. The van der Waals surface area contributed by atoms with Crippen LogP contribution in [-0.2, 0) is 0 Å². The zero-order chi connectivity index (χ0) is 15.4. The molecule has 0 radical (unpaired) electrons. The molecule has 1 aliphatic rings. The average Bonchev–Trinajstić information content (AvgIpc) is 2.50. The number of H-pyrrole nitrogens is 1. The van der Waals surface area contributed by atoms with Crippen LogP contribution in [0.5, 0.6) is 0 Å². The standard InChI is InChI=1S/C17H8ClNO3/c18-8-1-2-9-10-3-4-11-13(20)5-6-14(21)15(11)16(10)17(22)19-12(9)7-8/h1-7H,(H,19,22). The van der Waals surface area contributed by atoms with Crippen LogP contribution >= 0.6 is 11.6 Å². The minimum atomic E-state index is -0.405. The normalized spacial score (nSPS) is 13.9. The number of rotatable bonds is 0. The summed E-state index contributed by atoms with van der Waals surface area (Å²) < 4.78 is 0. The van der Waals surface area contributed by atoms with Gasteiger partial charge in [-0.05, 0) is 35.7 Å². The second kappa shape index (κ2) is 4.39. The third-order valence-electron chi connectivity index (χ3n) is 3.85. The van der Waals surface area contributed by atoms with Crippen LogP contribution in [-0.4, -0.2) is 16.6 Å². The smallest absolute Gasteiger partial charge is 0.257 e. The molecule has 4 nitrogen and oxygen atoms in total. The van der Waals surface area contributed by atoms with Crippen molar-refractivity contribution < 1.29 is 9.59 Å². The zero-order valence-electron chi connectivity index (χ0n) is 11.1. The van der Waals surface area contributed by atoms with Gasteiger partial charge in [-0.15, -0.1) is 0 Å². The lowest BCUT2D eigenvalue weighted by Gasteiger charge is -2.13.